The Morgan fingerprint density at radius 1 is 1.05 bits per heavy atom. The molecule has 104 valence electrons. The summed E-state index contributed by atoms with van der Waals surface area (Å²) in [6.45, 7) is 4.49. The predicted octanol–water partition coefficient (Wildman–Crippen LogP) is 2.41. The number of nitrogens with two attached hydrogens (primary N) is 2. The third-order valence-corrected chi connectivity index (χ3v) is 3.75. The van der Waals surface area contributed by atoms with Crippen molar-refractivity contribution >= 4 is 17.3 Å². The molecule has 0 bridgehead atoms. The quantitative estimate of drug-likeness (QED) is 0.715. The molecule has 2 rings (SSSR count). The van der Waals surface area contributed by atoms with E-state index in [1.165, 1.54) is 6.42 Å². The summed E-state index contributed by atoms with van der Waals surface area (Å²) >= 11 is 0. The number of carbonyl (C=O) groups excluding carboxylic acids is 1. The number of nitrogen functional groups attached to an aromatic ring is 2. The van der Waals surface area contributed by atoms with Gasteiger partial charge in [0.15, 0.2) is 0 Å². The van der Waals surface area contributed by atoms with Crippen molar-refractivity contribution < 1.29 is 4.79 Å². The summed E-state index contributed by atoms with van der Waals surface area (Å²) in [5.41, 5.74) is 13.0. The lowest BCUT2D eigenvalue weighted by Crippen LogP contribution is -2.40. The van der Waals surface area contributed by atoms with Gasteiger partial charge in [0.2, 0.25) is 0 Å². The first kappa shape index (κ1) is 13.7. The van der Waals surface area contributed by atoms with Crippen LogP contribution in [0.4, 0.5) is 11.4 Å². The van der Waals surface area contributed by atoms with Gasteiger partial charge < -0.3 is 16.8 Å². The van der Waals surface area contributed by atoms with Crippen molar-refractivity contribution in [3.63, 3.8) is 0 Å². The number of nitrogens with one attached hydrogen (secondary N) is 1. The van der Waals surface area contributed by atoms with E-state index in [4.69, 9.17) is 11.5 Å². The van der Waals surface area contributed by atoms with Crippen LogP contribution in [0.3, 0.4) is 0 Å². The molecule has 0 saturated heterocycles. The molecule has 1 aliphatic rings. The minimum atomic E-state index is -0.0784. The Balaban J connectivity index is 2.04. The summed E-state index contributed by atoms with van der Waals surface area (Å²) in [7, 11) is 0. The van der Waals surface area contributed by atoms with Crippen LogP contribution in [0.2, 0.25) is 0 Å². The fraction of sp³-hybridized carbons (Fsp3) is 0.533. The van der Waals surface area contributed by atoms with Crippen LogP contribution in [0, 0.1) is 11.8 Å². The highest BCUT2D eigenvalue weighted by molar-refractivity contribution is 5.96. The van der Waals surface area contributed by atoms with Crippen LogP contribution in [0.5, 0.6) is 0 Å². The normalized spacial score (nSPS) is 26.9. The summed E-state index contributed by atoms with van der Waals surface area (Å²) in [6, 6.07) is 5.25. The molecule has 0 heterocycles. The van der Waals surface area contributed by atoms with Gasteiger partial charge in [0.05, 0.1) is 0 Å². The Morgan fingerprint density at radius 3 is 2.11 bits per heavy atom. The molecule has 0 aromatic heterocycles. The molecule has 1 saturated carbocycles. The molecule has 2 unspecified atom stereocenters. The maximum atomic E-state index is 12.2. The van der Waals surface area contributed by atoms with E-state index < -0.39 is 0 Å². The second kappa shape index (κ2) is 5.51. The van der Waals surface area contributed by atoms with E-state index in [9.17, 15) is 4.79 Å². The van der Waals surface area contributed by atoms with Crippen molar-refractivity contribution in [2.75, 3.05) is 11.5 Å². The molecular formula is C15H23N3O. The van der Waals surface area contributed by atoms with Gasteiger partial charge in [-0.25, -0.2) is 0 Å². The van der Waals surface area contributed by atoms with Crippen molar-refractivity contribution in [2.45, 2.75) is 39.2 Å². The van der Waals surface area contributed by atoms with Crippen LogP contribution in [-0.2, 0) is 0 Å². The van der Waals surface area contributed by atoms with E-state index in [-0.39, 0.29) is 11.9 Å². The van der Waals surface area contributed by atoms with E-state index in [1.54, 1.807) is 18.2 Å². The molecular weight excluding hydrogens is 238 g/mol. The molecule has 1 aromatic carbocycles. The van der Waals surface area contributed by atoms with Crippen molar-refractivity contribution in [1.82, 2.24) is 5.32 Å². The molecule has 1 aliphatic carbocycles. The first-order chi connectivity index (χ1) is 8.94. The number of hydrogen-bond acceptors (Lipinski definition) is 3. The molecule has 4 heteroatoms. The topological polar surface area (TPSA) is 81.1 Å². The van der Waals surface area contributed by atoms with E-state index in [2.05, 4.69) is 19.2 Å². The lowest BCUT2D eigenvalue weighted by atomic mass is 9.80. The second-order valence-corrected chi connectivity index (χ2v) is 5.98. The van der Waals surface area contributed by atoms with Gasteiger partial charge in [-0.15, -0.1) is 0 Å². The lowest BCUT2D eigenvalue weighted by Gasteiger charge is -2.32. The summed E-state index contributed by atoms with van der Waals surface area (Å²) in [4.78, 5) is 12.2. The van der Waals surface area contributed by atoms with Gasteiger partial charge in [0.1, 0.15) is 0 Å². The third kappa shape index (κ3) is 3.63. The highest BCUT2D eigenvalue weighted by Crippen LogP contribution is 2.28. The lowest BCUT2D eigenvalue weighted by molar-refractivity contribution is 0.0911. The summed E-state index contributed by atoms with van der Waals surface area (Å²) in [5.74, 6) is 1.25. The zero-order chi connectivity index (χ0) is 14.0. The van der Waals surface area contributed by atoms with E-state index >= 15 is 0 Å². The van der Waals surface area contributed by atoms with Crippen molar-refractivity contribution in [2.24, 2.45) is 11.8 Å². The van der Waals surface area contributed by atoms with Crippen LogP contribution >= 0.6 is 0 Å². The molecule has 19 heavy (non-hydrogen) atoms. The molecule has 1 fully saturated rings. The van der Waals surface area contributed by atoms with E-state index in [0.717, 1.165) is 12.8 Å². The maximum absolute atomic E-state index is 12.2. The SMILES string of the molecule is CC1CC(C)CC(NC(=O)c2cc(N)cc(N)c2)C1. The average Bonchev–Trinajstić information content (AvgIpc) is 2.25. The maximum Gasteiger partial charge on any atom is 0.251 e. The van der Waals surface area contributed by atoms with E-state index in [1.807, 2.05) is 0 Å². The Morgan fingerprint density at radius 2 is 1.58 bits per heavy atom. The Labute approximate surface area is 114 Å². The molecule has 0 radical (unpaired) electrons. The second-order valence-electron chi connectivity index (χ2n) is 5.98. The van der Waals surface area contributed by atoms with E-state index in [0.29, 0.717) is 28.8 Å². The molecule has 5 N–H and O–H groups in total. The molecule has 4 nitrogen and oxygen atoms in total. The zero-order valence-corrected chi connectivity index (χ0v) is 11.6. The first-order valence-electron chi connectivity index (χ1n) is 6.91. The average molecular weight is 261 g/mol. The molecule has 1 aromatic rings. The predicted molar refractivity (Wildman–Crippen MR) is 78.7 cm³/mol. The highest BCUT2D eigenvalue weighted by atomic mass is 16.1. The molecule has 0 aliphatic heterocycles. The summed E-state index contributed by atoms with van der Waals surface area (Å²) in [6.07, 6.45) is 3.35. The van der Waals surface area contributed by atoms with Crippen LogP contribution < -0.4 is 16.8 Å². The molecule has 2 atom stereocenters. The smallest absolute Gasteiger partial charge is 0.251 e. The summed E-state index contributed by atoms with van der Waals surface area (Å²) < 4.78 is 0. The molecule has 1 amide bonds. The van der Waals surface area contributed by atoms with Gasteiger partial charge >= 0.3 is 0 Å². The first-order valence-corrected chi connectivity index (χ1v) is 6.91. The number of benzene rings is 1. The number of anilines is 2. The van der Waals surface area contributed by atoms with Crippen molar-refractivity contribution in [3.05, 3.63) is 23.8 Å². The minimum absolute atomic E-state index is 0.0784. The fourth-order valence-electron chi connectivity index (χ4n) is 3.14. The highest BCUT2D eigenvalue weighted by Gasteiger charge is 2.25. The third-order valence-electron chi connectivity index (χ3n) is 3.75. The Kier molecular flexibility index (Phi) is 3.98. The number of amides is 1. The van der Waals surface area contributed by atoms with Gasteiger partial charge in [-0.3, -0.25) is 4.79 Å². The van der Waals surface area contributed by atoms with Crippen LogP contribution in [0.25, 0.3) is 0 Å². The van der Waals surface area contributed by atoms with Crippen LogP contribution in [0.15, 0.2) is 18.2 Å². The van der Waals surface area contributed by atoms with Crippen molar-refractivity contribution in [1.29, 1.82) is 0 Å². The number of carbonyl (C=O) groups is 1. The molecule has 0 spiro atoms. The van der Waals surface area contributed by atoms with Crippen LogP contribution in [0.1, 0.15) is 43.5 Å². The van der Waals surface area contributed by atoms with Gasteiger partial charge in [0.25, 0.3) is 5.91 Å². The zero-order valence-electron chi connectivity index (χ0n) is 11.6. The minimum Gasteiger partial charge on any atom is -0.399 e. The monoisotopic (exact) mass is 261 g/mol. The van der Waals surface area contributed by atoms with Crippen molar-refractivity contribution in [3.8, 4) is 0 Å². The number of rotatable bonds is 2. The fourth-order valence-corrected chi connectivity index (χ4v) is 3.14. The van der Waals surface area contributed by atoms with Crippen LogP contribution in [-0.4, -0.2) is 11.9 Å². The Hall–Kier alpha value is -1.71. The van der Waals surface area contributed by atoms with Gasteiger partial charge in [-0.1, -0.05) is 13.8 Å². The number of hydrogen-bond donors (Lipinski definition) is 3. The van der Waals surface area contributed by atoms with Gasteiger partial charge in [-0.05, 0) is 49.3 Å². The largest absolute Gasteiger partial charge is 0.399 e. The summed E-state index contributed by atoms with van der Waals surface area (Å²) in [5, 5.41) is 3.10. The standard InChI is InChI=1S/C15H23N3O/c1-9-3-10(2)5-14(4-9)18-15(19)11-6-12(16)8-13(17)7-11/h6-10,14H,3-5,16-17H2,1-2H3,(H,18,19). The van der Waals surface area contributed by atoms with Gasteiger partial charge in [-0.2, -0.15) is 0 Å². The van der Waals surface area contributed by atoms with Gasteiger partial charge in [0, 0.05) is 23.0 Å². The Bertz CT molecular complexity index is 442.